The summed E-state index contributed by atoms with van der Waals surface area (Å²) in [5.41, 5.74) is 5.88. The van der Waals surface area contributed by atoms with Crippen molar-refractivity contribution in [3.05, 3.63) is 25.3 Å². The van der Waals surface area contributed by atoms with Crippen LogP contribution in [-0.2, 0) is 10.4 Å². The molecule has 0 aliphatic rings. The van der Waals surface area contributed by atoms with Crippen LogP contribution in [-0.4, -0.2) is 23.1 Å². The third-order valence-electron chi connectivity index (χ3n) is 1.81. The van der Waals surface area contributed by atoms with E-state index in [9.17, 15) is 0 Å². The van der Waals surface area contributed by atoms with Crippen LogP contribution in [0.1, 0.15) is 26.2 Å². The van der Waals surface area contributed by atoms with Crippen LogP contribution in [0.15, 0.2) is 25.3 Å². The van der Waals surface area contributed by atoms with Crippen molar-refractivity contribution in [2.45, 2.75) is 31.7 Å². The van der Waals surface area contributed by atoms with Crippen LogP contribution < -0.4 is 5.73 Å². The quantitative estimate of drug-likeness (QED) is 0.498. The normalized spacial score (nSPS) is 11.2. The molecular formula is C9H19NO4S. The SMILES string of the molecule is C=CCC(N)(CC)CC=C.O=S(=O)(O)O. The van der Waals surface area contributed by atoms with E-state index in [1.807, 2.05) is 12.2 Å². The van der Waals surface area contributed by atoms with Crippen LogP contribution >= 0.6 is 0 Å². The summed E-state index contributed by atoms with van der Waals surface area (Å²) in [5, 5.41) is 0. The van der Waals surface area contributed by atoms with Crippen LogP contribution in [0, 0.1) is 0 Å². The topological polar surface area (TPSA) is 101 Å². The molecule has 0 heterocycles. The summed E-state index contributed by atoms with van der Waals surface area (Å²) in [5.74, 6) is 0. The molecule has 90 valence electrons. The van der Waals surface area contributed by atoms with Gasteiger partial charge in [0.25, 0.3) is 0 Å². The molecule has 0 rings (SSSR count). The molecule has 0 atom stereocenters. The first-order chi connectivity index (χ1) is 6.68. The molecule has 0 bridgehead atoms. The van der Waals surface area contributed by atoms with E-state index in [4.69, 9.17) is 23.3 Å². The summed E-state index contributed by atoms with van der Waals surface area (Å²) in [7, 11) is -4.67. The zero-order valence-corrected chi connectivity index (χ0v) is 9.70. The lowest BCUT2D eigenvalue weighted by Gasteiger charge is -2.24. The van der Waals surface area contributed by atoms with Crippen molar-refractivity contribution in [1.82, 2.24) is 0 Å². The van der Waals surface area contributed by atoms with Crippen LogP contribution in [0.5, 0.6) is 0 Å². The predicted molar refractivity (Wildman–Crippen MR) is 61.0 cm³/mol. The molecule has 6 heteroatoms. The maximum Gasteiger partial charge on any atom is 0.394 e. The fourth-order valence-electron chi connectivity index (χ4n) is 0.947. The van der Waals surface area contributed by atoms with Crippen molar-refractivity contribution in [3.8, 4) is 0 Å². The van der Waals surface area contributed by atoms with E-state index >= 15 is 0 Å². The third kappa shape index (κ3) is 16.0. The summed E-state index contributed by atoms with van der Waals surface area (Å²) in [4.78, 5) is 0. The second-order valence-corrected chi connectivity index (χ2v) is 4.05. The van der Waals surface area contributed by atoms with Crippen LogP contribution in [0.3, 0.4) is 0 Å². The van der Waals surface area contributed by atoms with Crippen molar-refractivity contribution in [2.75, 3.05) is 0 Å². The Hall–Kier alpha value is -0.690. The van der Waals surface area contributed by atoms with E-state index in [0.717, 1.165) is 19.3 Å². The average Bonchev–Trinajstić information content (AvgIpc) is 2.02. The minimum Gasteiger partial charge on any atom is -0.325 e. The Morgan fingerprint density at radius 3 is 1.67 bits per heavy atom. The maximum absolute atomic E-state index is 8.74. The van der Waals surface area contributed by atoms with Crippen LogP contribution in [0.2, 0.25) is 0 Å². The average molecular weight is 237 g/mol. The van der Waals surface area contributed by atoms with E-state index in [1.54, 1.807) is 0 Å². The first kappa shape index (κ1) is 16.7. The lowest BCUT2D eigenvalue weighted by molar-refractivity contribution is 0.381. The third-order valence-corrected chi connectivity index (χ3v) is 1.81. The van der Waals surface area contributed by atoms with Gasteiger partial charge < -0.3 is 5.73 Å². The molecule has 0 aliphatic carbocycles. The van der Waals surface area contributed by atoms with Gasteiger partial charge in [-0.05, 0) is 19.3 Å². The van der Waals surface area contributed by atoms with Gasteiger partial charge in [0.2, 0.25) is 0 Å². The van der Waals surface area contributed by atoms with Gasteiger partial charge in [0.15, 0.2) is 0 Å². The molecule has 0 spiro atoms. The van der Waals surface area contributed by atoms with Gasteiger partial charge in [0.1, 0.15) is 0 Å². The van der Waals surface area contributed by atoms with Gasteiger partial charge in [-0.3, -0.25) is 9.11 Å². The molecule has 15 heavy (non-hydrogen) atoms. The minimum absolute atomic E-state index is 0.0937. The summed E-state index contributed by atoms with van der Waals surface area (Å²) < 4.78 is 31.6. The Bertz CT molecular complexity index is 266. The number of hydrogen-bond donors (Lipinski definition) is 3. The van der Waals surface area contributed by atoms with Gasteiger partial charge in [-0.2, -0.15) is 8.42 Å². The molecule has 5 nitrogen and oxygen atoms in total. The lowest BCUT2D eigenvalue weighted by atomic mass is 9.90. The van der Waals surface area contributed by atoms with Gasteiger partial charge in [0, 0.05) is 5.54 Å². The molecule has 0 saturated carbocycles. The van der Waals surface area contributed by atoms with E-state index in [1.165, 1.54) is 0 Å². The van der Waals surface area contributed by atoms with Crippen molar-refractivity contribution >= 4 is 10.4 Å². The zero-order valence-electron chi connectivity index (χ0n) is 8.89. The Labute approximate surface area is 91.3 Å². The first-order valence-electron chi connectivity index (χ1n) is 4.39. The molecule has 0 unspecified atom stereocenters. The van der Waals surface area contributed by atoms with Crippen molar-refractivity contribution in [3.63, 3.8) is 0 Å². The molecular weight excluding hydrogens is 218 g/mol. The Balaban J connectivity index is 0. The number of rotatable bonds is 5. The van der Waals surface area contributed by atoms with Gasteiger partial charge in [0.05, 0.1) is 0 Å². The highest BCUT2D eigenvalue weighted by Crippen LogP contribution is 2.16. The van der Waals surface area contributed by atoms with E-state index < -0.39 is 10.4 Å². The van der Waals surface area contributed by atoms with E-state index in [2.05, 4.69) is 20.1 Å². The first-order valence-corrected chi connectivity index (χ1v) is 5.78. The molecule has 0 aliphatic heterocycles. The van der Waals surface area contributed by atoms with E-state index in [-0.39, 0.29) is 5.54 Å². The fourth-order valence-corrected chi connectivity index (χ4v) is 0.947. The highest BCUT2D eigenvalue weighted by Gasteiger charge is 2.17. The molecule has 0 aromatic carbocycles. The molecule has 0 fully saturated rings. The molecule has 0 radical (unpaired) electrons. The van der Waals surface area contributed by atoms with Crippen LogP contribution in [0.25, 0.3) is 0 Å². The van der Waals surface area contributed by atoms with Crippen molar-refractivity contribution in [1.29, 1.82) is 0 Å². The Morgan fingerprint density at radius 1 is 1.27 bits per heavy atom. The second-order valence-electron chi connectivity index (χ2n) is 3.15. The van der Waals surface area contributed by atoms with Gasteiger partial charge in [-0.1, -0.05) is 19.1 Å². The Kier molecular flexibility index (Phi) is 8.46. The fraction of sp³-hybridized carbons (Fsp3) is 0.556. The summed E-state index contributed by atoms with van der Waals surface area (Å²) in [6, 6.07) is 0. The molecule has 4 N–H and O–H groups in total. The zero-order chi connectivity index (χ0) is 12.5. The second kappa shape index (κ2) is 7.58. The highest BCUT2D eigenvalue weighted by molar-refractivity contribution is 7.79. The number of hydrogen-bond acceptors (Lipinski definition) is 3. The summed E-state index contributed by atoms with van der Waals surface area (Å²) >= 11 is 0. The largest absolute Gasteiger partial charge is 0.394 e. The summed E-state index contributed by atoms with van der Waals surface area (Å²) in [6.45, 7) is 9.41. The predicted octanol–water partition coefficient (Wildman–Crippen LogP) is 1.59. The molecule has 0 amide bonds. The minimum atomic E-state index is -4.67. The Morgan fingerprint density at radius 2 is 1.53 bits per heavy atom. The molecule has 0 aromatic heterocycles. The summed E-state index contributed by atoms with van der Waals surface area (Å²) in [6.07, 6.45) is 6.45. The maximum atomic E-state index is 8.74. The van der Waals surface area contributed by atoms with Crippen LogP contribution in [0.4, 0.5) is 0 Å². The standard InChI is InChI=1S/C9H17N.H2O4S/c1-4-7-9(10,6-3)8-5-2;1-5(2,3)4/h4-5H,1-2,6-8,10H2,3H3;(H2,1,2,3,4). The monoisotopic (exact) mass is 237 g/mol. The van der Waals surface area contributed by atoms with Gasteiger partial charge >= 0.3 is 10.4 Å². The van der Waals surface area contributed by atoms with E-state index in [0.29, 0.717) is 0 Å². The number of nitrogens with two attached hydrogens (primary N) is 1. The van der Waals surface area contributed by atoms with Crippen molar-refractivity contribution < 1.29 is 17.5 Å². The molecule has 0 aromatic rings. The smallest absolute Gasteiger partial charge is 0.325 e. The lowest BCUT2D eigenvalue weighted by Crippen LogP contribution is -2.37. The van der Waals surface area contributed by atoms with Gasteiger partial charge in [-0.25, -0.2) is 0 Å². The van der Waals surface area contributed by atoms with Gasteiger partial charge in [-0.15, -0.1) is 13.2 Å². The highest BCUT2D eigenvalue weighted by atomic mass is 32.3. The molecule has 0 saturated heterocycles. The van der Waals surface area contributed by atoms with Crippen molar-refractivity contribution in [2.24, 2.45) is 5.73 Å².